The molecule has 1 saturated heterocycles. The van der Waals surface area contributed by atoms with E-state index in [2.05, 4.69) is 19.0 Å². The molecule has 196 valence electrons. The molecule has 0 bridgehead atoms. The molecule has 0 spiro atoms. The van der Waals surface area contributed by atoms with Crippen LogP contribution in [0.2, 0.25) is 5.02 Å². The van der Waals surface area contributed by atoms with E-state index in [-0.39, 0.29) is 11.8 Å². The van der Waals surface area contributed by atoms with E-state index in [0.717, 1.165) is 50.1 Å². The molecule has 3 atom stereocenters. The van der Waals surface area contributed by atoms with Gasteiger partial charge in [0.2, 0.25) is 5.91 Å². The van der Waals surface area contributed by atoms with Crippen molar-refractivity contribution in [3.05, 3.63) is 34.9 Å². The van der Waals surface area contributed by atoms with Gasteiger partial charge in [0.15, 0.2) is 0 Å². The number of rotatable bonds is 12. The number of likely N-dealkylation sites (tertiary alicyclic amines) is 1. The van der Waals surface area contributed by atoms with E-state index in [1.807, 2.05) is 29.2 Å². The smallest absolute Gasteiger partial charge is 0.222 e. The van der Waals surface area contributed by atoms with Gasteiger partial charge in [-0.25, -0.2) is 0 Å². The Morgan fingerprint density at radius 1 is 1.23 bits per heavy atom. The Morgan fingerprint density at radius 2 is 2.00 bits per heavy atom. The minimum atomic E-state index is -1.10. The summed E-state index contributed by atoms with van der Waals surface area (Å²) in [5.74, 6) is 1.27. The number of carbonyl (C=O) groups is 2. The number of carbonyl (C=O) groups excluding carboxylic acids is 2. The summed E-state index contributed by atoms with van der Waals surface area (Å²) in [4.78, 5) is 28.7. The van der Waals surface area contributed by atoms with Crippen molar-refractivity contribution in [2.75, 3.05) is 33.7 Å². The number of halogens is 1. The van der Waals surface area contributed by atoms with Gasteiger partial charge >= 0.3 is 0 Å². The first kappa shape index (κ1) is 28.1. The van der Waals surface area contributed by atoms with E-state index in [4.69, 9.17) is 11.6 Å². The second-order valence-electron chi connectivity index (χ2n) is 11.2. The van der Waals surface area contributed by atoms with Crippen LogP contribution in [-0.2, 0) is 15.2 Å². The molecule has 1 aliphatic carbocycles. The zero-order chi connectivity index (χ0) is 25.3. The van der Waals surface area contributed by atoms with Crippen LogP contribution in [0, 0.1) is 17.8 Å². The lowest BCUT2D eigenvalue weighted by Crippen LogP contribution is -2.48. The number of hydrogen-bond acceptors (Lipinski definition) is 4. The maximum atomic E-state index is 13.5. The third-order valence-corrected chi connectivity index (χ3v) is 8.37. The lowest BCUT2D eigenvalue weighted by molar-refractivity contribution is -0.138. The van der Waals surface area contributed by atoms with Crippen LogP contribution < -0.4 is 0 Å². The van der Waals surface area contributed by atoms with E-state index in [0.29, 0.717) is 43.2 Å². The summed E-state index contributed by atoms with van der Waals surface area (Å²) in [5, 5.41) is 12.5. The molecule has 0 radical (unpaired) electrons. The molecule has 0 aromatic heterocycles. The highest BCUT2D eigenvalue weighted by Gasteiger charge is 2.41. The summed E-state index contributed by atoms with van der Waals surface area (Å²) >= 11 is 6.27. The van der Waals surface area contributed by atoms with Crippen LogP contribution in [0.15, 0.2) is 24.3 Å². The minimum absolute atomic E-state index is 0.0732. The first-order valence-electron chi connectivity index (χ1n) is 13.7. The first-order valence-corrected chi connectivity index (χ1v) is 14.0. The third-order valence-electron chi connectivity index (χ3n) is 8.13. The van der Waals surface area contributed by atoms with E-state index in [1.165, 1.54) is 32.1 Å². The maximum absolute atomic E-state index is 13.5. The quantitative estimate of drug-likeness (QED) is 0.294. The first-order chi connectivity index (χ1) is 16.8. The number of piperidine rings is 1. The number of unbranched alkanes of at least 4 members (excludes halogenated alkanes) is 1. The summed E-state index contributed by atoms with van der Waals surface area (Å²) in [7, 11) is 4.19. The SMILES string of the molecule is CN(C)C[C@@H](CC(=O)N1CCC[C@@H]([C@@](O)(CCCC=O)c2cccc(Cl)c2)C1)CC1CCCCC1. The van der Waals surface area contributed by atoms with Crippen molar-refractivity contribution in [2.45, 2.75) is 82.7 Å². The van der Waals surface area contributed by atoms with Crippen LogP contribution in [0.5, 0.6) is 0 Å². The van der Waals surface area contributed by atoms with Crippen molar-refractivity contribution >= 4 is 23.8 Å². The normalized spacial score (nSPS) is 22.1. The van der Waals surface area contributed by atoms with Gasteiger partial charge in [0.25, 0.3) is 0 Å². The Hall–Kier alpha value is -1.43. The lowest BCUT2D eigenvalue weighted by Gasteiger charge is -2.43. The van der Waals surface area contributed by atoms with Gasteiger partial charge in [-0.05, 0) is 75.7 Å². The molecule has 1 heterocycles. The molecule has 1 amide bonds. The van der Waals surface area contributed by atoms with Gasteiger partial charge in [0, 0.05) is 43.4 Å². The lowest BCUT2D eigenvalue weighted by atomic mass is 9.74. The molecular formula is C29H45ClN2O3. The topological polar surface area (TPSA) is 60.9 Å². The van der Waals surface area contributed by atoms with Crippen molar-refractivity contribution in [1.29, 1.82) is 0 Å². The fraction of sp³-hybridized carbons (Fsp3) is 0.724. The van der Waals surface area contributed by atoms with Crippen molar-refractivity contribution < 1.29 is 14.7 Å². The highest BCUT2D eigenvalue weighted by molar-refractivity contribution is 6.30. The summed E-state index contributed by atoms with van der Waals surface area (Å²) in [6.45, 7) is 2.26. The predicted octanol–water partition coefficient (Wildman–Crippen LogP) is 5.67. The van der Waals surface area contributed by atoms with Crippen LogP contribution in [0.4, 0.5) is 0 Å². The van der Waals surface area contributed by atoms with E-state index >= 15 is 0 Å². The second-order valence-corrected chi connectivity index (χ2v) is 11.7. The van der Waals surface area contributed by atoms with Crippen LogP contribution in [0.1, 0.15) is 82.6 Å². The molecule has 1 aromatic carbocycles. The van der Waals surface area contributed by atoms with Crippen molar-refractivity contribution in [1.82, 2.24) is 9.80 Å². The van der Waals surface area contributed by atoms with Crippen molar-refractivity contribution in [3.63, 3.8) is 0 Å². The number of amides is 1. The minimum Gasteiger partial charge on any atom is -0.385 e. The van der Waals surface area contributed by atoms with Crippen LogP contribution >= 0.6 is 11.6 Å². The molecule has 2 aliphatic rings. The van der Waals surface area contributed by atoms with Crippen LogP contribution in [0.25, 0.3) is 0 Å². The average Bonchev–Trinajstić information content (AvgIpc) is 2.84. The van der Waals surface area contributed by atoms with E-state index in [9.17, 15) is 14.7 Å². The van der Waals surface area contributed by atoms with Crippen LogP contribution in [0.3, 0.4) is 0 Å². The monoisotopic (exact) mass is 504 g/mol. The molecule has 1 aromatic rings. The molecule has 35 heavy (non-hydrogen) atoms. The third kappa shape index (κ3) is 8.30. The van der Waals surface area contributed by atoms with Crippen molar-refractivity contribution in [3.8, 4) is 0 Å². The number of benzene rings is 1. The Balaban J connectivity index is 1.70. The van der Waals surface area contributed by atoms with E-state index in [1.54, 1.807) is 0 Å². The number of hydrogen-bond donors (Lipinski definition) is 1. The van der Waals surface area contributed by atoms with Gasteiger partial charge in [-0.2, -0.15) is 0 Å². The zero-order valence-electron chi connectivity index (χ0n) is 21.8. The van der Waals surface area contributed by atoms with E-state index < -0.39 is 5.60 Å². The molecule has 1 N–H and O–H groups in total. The summed E-state index contributed by atoms with van der Waals surface area (Å²) in [6.07, 6.45) is 12.5. The molecule has 5 nitrogen and oxygen atoms in total. The fourth-order valence-electron chi connectivity index (χ4n) is 6.40. The van der Waals surface area contributed by atoms with Gasteiger partial charge in [-0.1, -0.05) is 55.8 Å². The Labute approximate surface area is 217 Å². The maximum Gasteiger partial charge on any atom is 0.222 e. The molecular weight excluding hydrogens is 460 g/mol. The molecule has 6 heteroatoms. The largest absolute Gasteiger partial charge is 0.385 e. The summed E-state index contributed by atoms with van der Waals surface area (Å²) in [5.41, 5.74) is -0.309. The van der Waals surface area contributed by atoms with Gasteiger partial charge in [0.1, 0.15) is 6.29 Å². The molecule has 1 aliphatic heterocycles. The summed E-state index contributed by atoms with van der Waals surface area (Å²) in [6, 6.07) is 7.43. The zero-order valence-corrected chi connectivity index (χ0v) is 22.5. The molecule has 0 unspecified atom stereocenters. The fourth-order valence-corrected chi connectivity index (χ4v) is 6.59. The average molecular weight is 505 g/mol. The molecule has 2 fully saturated rings. The Morgan fingerprint density at radius 3 is 2.69 bits per heavy atom. The molecule has 3 rings (SSSR count). The number of nitrogens with zero attached hydrogens (tertiary/aromatic N) is 2. The highest BCUT2D eigenvalue weighted by atomic mass is 35.5. The number of aldehydes is 1. The van der Waals surface area contributed by atoms with Gasteiger partial charge < -0.3 is 19.7 Å². The number of aliphatic hydroxyl groups is 1. The van der Waals surface area contributed by atoms with Crippen LogP contribution in [-0.4, -0.2) is 60.8 Å². The highest BCUT2D eigenvalue weighted by Crippen LogP contribution is 2.40. The Kier molecular flexibility index (Phi) is 11.1. The molecule has 1 saturated carbocycles. The second kappa shape index (κ2) is 13.8. The predicted molar refractivity (Wildman–Crippen MR) is 142 cm³/mol. The van der Waals surface area contributed by atoms with Gasteiger partial charge in [-0.15, -0.1) is 0 Å². The van der Waals surface area contributed by atoms with Gasteiger partial charge in [-0.3, -0.25) is 4.79 Å². The van der Waals surface area contributed by atoms with Gasteiger partial charge in [0.05, 0.1) is 5.60 Å². The summed E-state index contributed by atoms with van der Waals surface area (Å²) < 4.78 is 0. The Bertz CT molecular complexity index is 811. The standard InChI is InChI=1S/C29H45ClN2O3/c1-31(2)21-24(18-23-10-4-3-5-11-23)19-28(34)32-16-9-13-26(22-32)29(35,15-6-7-17-33)25-12-8-14-27(30)20-25/h8,12,14,17,20,23-24,26,35H,3-7,9-11,13,15-16,18-19,21-22H2,1-2H3/t24-,26-,29-/m1/s1. The van der Waals surface area contributed by atoms with Crippen molar-refractivity contribution in [2.24, 2.45) is 17.8 Å².